The quantitative estimate of drug-likeness (QED) is 0.665. The molecule has 0 amide bonds. The van der Waals surface area contributed by atoms with Gasteiger partial charge in [-0.05, 0) is 19.9 Å². The van der Waals surface area contributed by atoms with Gasteiger partial charge in [0.05, 0.1) is 0 Å². The van der Waals surface area contributed by atoms with Gasteiger partial charge in [0.15, 0.2) is 0 Å². The maximum absolute atomic E-state index is 10.4. The molecular weight excluding hydrogens is 178 g/mol. The number of hydrogen-bond acceptors (Lipinski definition) is 2. The number of carboxylic acids is 1. The third-order valence-electron chi connectivity index (χ3n) is 2.21. The molecule has 3 heteroatoms. The van der Waals surface area contributed by atoms with Crippen molar-refractivity contribution in [1.82, 2.24) is 4.90 Å². The predicted octanol–water partition coefficient (Wildman–Crippen LogP) is 2.00. The van der Waals surface area contributed by atoms with Crippen molar-refractivity contribution in [3.8, 4) is 0 Å². The summed E-state index contributed by atoms with van der Waals surface area (Å²) in [5, 5.41) is 8.53. The van der Waals surface area contributed by atoms with Crippen LogP contribution in [0.1, 0.15) is 27.2 Å². The zero-order valence-electron chi connectivity index (χ0n) is 9.58. The van der Waals surface area contributed by atoms with Crippen molar-refractivity contribution in [2.75, 3.05) is 20.1 Å². The van der Waals surface area contributed by atoms with E-state index < -0.39 is 5.97 Å². The first-order valence-corrected chi connectivity index (χ1v) is 5.04. The van der Waals surface area contributed by atoms with Crippen molar-refractivity contribution in [3.05, 3.63) is 11.6 Å². The summed E-state index contributed by atoms with van der Waals surface area (Å²) in [6.45, 7) is 7.96. The highest BCUT2D eigenvalue weighted by atomic mass is 16.4. The van der Waals surface area contributed by atoms with E-state index in [0.29, 0.717) is 5.92 Å². The lowest BCUT2D eigenvalue weighted by atomic mass is 10.1. The highest BCUT2D eigenvalue weighted by Crippen LogP contribution is 2.04. The summed E-state index contributed by atoms with van der Waals surface area (Å²) in [5.41, 5.74) is 0.892. The Balaban J connectivity index is 3.93. The van der Waals surface area contributed by atoms with Gasteiger partial charge >= 0.3 is 5.97 Å². The lowest BCUT2D eigenvalue weighted by molar-refractivity contribution is -0.131. The molecule has 0 aromatic carbocycles. The second-order valence-corrected chi connectivity index (χ2v) is 4.04. The third kappa shape index (κ3) is 6.66. The number of carboxylic acid groups (broad SMARTS) is 1. The first-order chi connectivity index (χ1) is 6.45. The summed E-state index contributed by atoms with van der Waals surface area (Å²) >= 11 is 0. The molecule has 0 rings (SSSR count). The van der Waals surface area contributed by atoms with Gasteiger partial charge in [0.25, 0.3) is 0 Å². The van der Waals surface area contributed by atoms with E-state index in [1.165, 1.54) is 6.08 Å². The molecule has 0 aliphatic carbocycles. The van der Waals surface area contributed by atoms with Crippen LogP contribution in [0.2, 0.25) is 0 Å². The minimum absolute atomic E-state index is 0.664. The number of likely N-dealkylation sites (N-methyl/N-ethyl adjacent to an activating group) is 1. The molecule has 14 heavy (non-hydrogen) atoms. The van der Waals surface area contributed by atoms with E-state index in [1.54, 1.807) is 0 Å². The van der Waals surface area contributed by atoms with Crippen molar-refractivity contribution < 1.29 is 9.90 Å². The maximum atomic E-state index is 10.4. The first kappa shape index (κ1) is 13.2. The highest BCUT2D eigenvalue weighted by Gasteiger charge is 2.05. The fraction of sp³-hybridized carbons (Fsp3) is 0.727. The topological polar surface area (TPSA) is 40.5 Å². The first-order valence-electron chi connectivity index (χ1n) is 5.04. The fourth-order valence-corrected chi connectivity index (χ4v) is 1.41. The summed E-state index contributed by atoms with van der Waals surface area (Å²) in [5.74, 6) is -0.197. The van der Waals surface area contributed by atoms with Gasteiger partial charge in [-0.25, -0.2) is 4.79 Å². The molecule has 0 saturated carbocycles. The minimum Gasteiger partial charge on any atom is -0.478 e. The SMILES string of the molecule is CCC(C)CN(C)CC(C)=CC(=O)O. The van der Waals surface area contributed by atoms with Crippen LogP contribution in [0.4, 0.5) is 0 Å². The zero-order valence-corrected chi connectivity index (χ0v) is 9.58. The Kier molecular flexibility index (Phi) is 6.21. The lowest BCUT2D eigenvalue weighted by Crippen LogP contribution is -2.26. The van der Waals surface area contributed by atoms with Crippen LogP contribution in [-0.4, -0.2) is 36.1 Å². The molecule has 0 aliphatic rings. The molecule has 0 radical (unpaired) electrons. The fourth-order valence-electron chi connectivity index (χ4n) is 1.41. The predicted molar refractivity (Wildman–Crippen MR) is 58.3 cm³/mol. The van der Waals surface area contributed by atoms with Crippen LogP contribution in [-0.2, 0) is 4.79 Å². The lowest BCUT2D eigenvalue weighted by Gasteiger charge is -2.20. The molecule has 0 bridgehead atoms. The van der Waals surface area contributed by atoms with Crippen LogP contribution < -0.4 is 0 Å². The molecule has 3 nitrogen and oxygen atoms in total. The molecule has 0 saturated heterocycles. The second-order valence-electron chi connectivity index (χ2n) is 4.04. The van der Waals surface area contributed by atoms with Gasteiger partial charge in [-0.3, -0.25) is 0 Å². The van der Waals surface area contributed by atoms with Crippen LogP contribution in [0.3, 0.4) is 0 Å². The minimum atomic E-state index is -0.862. The summed E-state index contributed by atoms with van der Waals surface area (Å²) in [6.07, 6.45) is 2.43. The average Bonchev–Trinajstić information content (AvgIpc) is 2.01. The molecule has 0 spiro atoms. The average molecular weight is 199 g/mol. The maximum Gasteiger partial charge on any atom is 0.328 e. The Bertz CT molecular complexity index is 211. The van der Waals surface area contributed by atoms with Crippen LogP contribution in [0.25, 0.3) is 0 Å². The molecule has 0 aromatic heterocycles. The number of rotatable bonds is 6. The van der Waals surface area contributed by atoms with E-state index in [1.807, 2.05) is 14.0 Å². The van der Waals surface area contributed by atoms with Gasteiger partial charge in [-0.2, -0.15) is 0 Å². The number of nitrogens with zero attached hydrogens (tertiary/aromatic N) is 1. The Morgan fingerprint density at radius 2 is 2.14 bits per heavy atom. The van der Waals surface area contributed by atoms with Crippen molar-refractivity contribution in [3.63, 3.8) is 0 Å². The molecule has 0 aromatic rings. The Morgan fingerprint density at radius 1 is 1.57 bits per heavy atom. The summed E-state index contributed by atoms with van der Waals surface area (Å²) in [7, 11) is 2.02. The molecule has 1 unspecified atom stereocenters. The summed E-state index contributed by atoms with van der Waals surface area (Å²) < 4.78 is 0. The molecule has 0 fully saturated rings. The smallest absolute Gasteiger partial charge is 0.328 e. The third-order valence-corrected chi connectivity index (χ3v) is 2.21. The van der Waals surface area contributed by atoms with Gasteiger partial charge in [0.2, 0.25) is 0 Å². The summed E-state index contributed by atoms with van der Waals surface area (Å²) in [6, 6.07) is 0. The van der Waals surface area contributed by atoms with Crippen LogP contribution in [0.15, 0.2) is 11.6 Å². The molecule has 82 valence electrons. The largest absolute Gasteiger partial charge is 0.478 e. The van der Waals surface area contributed by atoms with Gasteiger partial charge in [-0.15, -0.1) is 0 Å². The van der Waals surface area contributed by atoms with E-state index in [2.05, 4.69) is 18.7 Å². The molecule has 0 heterocycles. The highest BCUT2D eigenvalue weighted by molar-refractivity contribution is 5.80. The monoisotopic (exact) mass is 199 g/mol. The van der Waals surface area contributed by atoms with Crippen LogP contribution in [0, 0.1) is 5.92 Å². The van der Waals surface area contributed by atoms with E-state index in [-0.39, 0.29) is 0 Å². The number of aliphatic carboxylic acids is 1. The van der Waals surface area contributed by atoms with Crippen LogP contribution >= 0.6 is 0 Å². The Labute approximate surface area is 86.4 Å². The van der Waals surface area contributed by atoms with E-state index in [9.17, 15) is 4.79 Å². The number of carbonyl (C=O) groups is 1. The Hall–Kier alpha value is -0.830. The molecule has 0 aliphatic heterocycles. The summed E-state index contributed by atoms with van der Waals surface area (Å²) in [4.78, 5) is 12.5. The molecular formula is C11H21NO2. The van der Waals surface area contributed by atoms with Gasteiger partial charge in [-0.1, -0.05) is 25.8 Å². The molecule has 1 atom stereocenters. The zero-order chi connectivity index (χ0) is 11.1. The van der Waals surface area contributed by atoms with Gasteiger partial charge in [0, 0.05) is 19.2 Å². The van der Waals surface area contributed by atoms with Crippen molar-refractivity contribution in [1.29, 1.82) is 0 Å². The van der Waals surface area contributed by atoms with E-state index in [0.717, 1.165) is 25.1 Å². The van der Waals surface area contributed by atoms with Gasteiger partial charge in [0.1, 0.15) is 0 Å². The number of hydrogen-bond donors (Lipinski definition) is 1. The molecule has 1 N–H and O–H groups in total. The van der Waals surface area contributed by atoms with E-state index >= 15 is 0 Å². The van der Waals surface area contributed by atoms with Gasteiger partial charge < -0.3 is 10.0 Å². The normalized spacial score (nSPS) is 14.5. The Morgan fingerprint density at radius 3 is 2.57 bits per heavy atom. The van der Waals surface area contributed by atoms with E-state index in [4.69, 9.17) is 5.11 Å². The van der Waals surface area contributed by atoms with Crippen molar-refractivity contribution >= 4 is 5.97 Å². The van der Waals surface area contributed by atoms with Crippen LogP contribution in [0.5, 0.6) is 0 Å². The second kappa shape index (κ2) is 6.60. The standard InChI is InChI=1S/C11H21NO2/c1-5-9(2)7-12(4)8-10(3)6-11(13)14/h6,9H,5,7-8H2,1-4H3,(H,13,14). The van der Waals surface area contributed by atoms with Crippen molar-refractivity contribution in [2.45, 2.75) is 27.2 Å². The van der Waals surface area contributed by atoms with Crippen molar-refractivity contribution in [2.24, 2.45) is 5.92 Å².